The lowest BCUT2D eigenvalue weighted by Crippen LogP contribution is -2.27. The molecule has 2 rings (SSSR count). The van der Waals surface area contributed by atoms with Crippen molar-refractivity contribution in [1.29, 1.82) is 0 Å². The second-order valence-electron chi connectivity index (χ2n) is 4.13. The van der Waals surface area contributed by atoms with E-state index in [-0.39, 0.29) is 0 Å². The molecule has 2 N–H and O–H groups in total. The van der Waals surface area contributed by atoms with E-state index in [2.05, 4.69) is 5.32 Å². The molecule has 0 bridgehead atoms. The molecule has 0 spiro atoms. The van der Waals surface area contributed by atoms with Gasteiger partial charge < -0.3 is 14.8 Å². The highest BCUT2D eigenvalue weighted by Gasteiger charge is 2.07. The van der Waals surface area contributed by atoms with Crippen molar-refractivity contribution in [3.63, 3.8) is 0 Å². The zero-order valence-corrected chi connectivity index (χ0v) is 11.6. The van der Waals surface area contributed by atoms with Gasteiger partial charge in [0.05, 0.1) is 5.02 Å². The maximum Gasteiger partial charge on any atom is 0.322 e. The number of rotatable bonds is 5. The monoisotopic (exact) mass is 305 g/mol. The number of carbonyl (C=O) groups is 2. The number of nitrogens with one attached hydrogen (secondary N) is 1. The average Bonchev–Trinajstić information content (AvgIpc) is 2.92. The van der Waals surface area contributed by atoms with Crippen LogP contribution in [0.5, 0.6) is 0 Å². The molecule has 1 amide bonds. The number of hydrogen-bond donors (Lipinski definition) is 2. The van der Waals surface area contributed by atoms with Gasteiger partial charge in [-0.2, -0.15) is 0 Å². The summed E-state index contributed by atoms with van der Waals surface area (Å²) in [5.74, 6) is -0.551. The summed E-state index contributed by atoms with van der Waals surface area (Å²) < 4.78 is 5.56. The Kier molecular flexibility index (Phi) is 4.79. The van der Waals surface area contributed by atoms with Crippen LogP contribution in [-0.4, -0.2) is 23.5 Å². The highest BCUT2D eigenvalue weighted by molar-refractivity contribution is 6.33. The third kappa shape index (κ3) is 4.22. The van der Waals surface area contributed by atoms with Gasteiger partial charge in [0.25, 0.3) is 0 Å². The lowest BCUT2D eigenvalue weighted by molar-refractivity contribution is -0.137. The molecule has 1 aromatic heterocycles. The number of carboxylic acid groups (broad SMARTS) is 1. The fourth-order valence-electron chi connectivity index (χ4n) is 1.63. The highest BCUT2D eigenvalue weighted by Crippen LogP contribution is 2.29. The third-order valence-corrected chi connectivity index (χ3v) is 2.91. The van der Waals surface area contributed by atoms with E-state index in [1.165, 1.54) is 12.2 Å². The van der Waals surface area contributed by atoms with E-state index in [1.54, 1.807) is 18.2 Å². The number of aliphatic carboxylic acids is 1. The molecule has 0 aliphatic heterocycles. The third-order valence-electron chi connectivity index (χ3n) is 2.58. The van der Waals surface area contributed by atoms with Crippen molar-refractivity contribution in [3.05, 3.63) is 53.3 Å². The number of benzene rings is 1. The second kappa shape index (κ2) is 6.76. The average molecular weight is 306 g/mol. The van der Waals surface area contributed by atoms with Crippen molar-refractivity contribution >= 4 is 29.6 Å². The summed E-state index contributed by atoms with van der Waals surface area (Å²) in [6.07, 6.45) is 2.66. The van der Waals surface area contributed by atoms with Crippen molar-refractivity contribution in [2.45, 2.75) is 0 Å². The molecule has 6 heteroatoms. The molecular formula is C15H12ClNO4. The second-order valence-corrected chi connectivity index (χ2v) is 4.53. The summed E-state index contributed by atoms with van der Waals surface area (Å²) in [6, 6.07) is 10.7. The highest BCUT2D eigenvalue weighted by atomic mass is 35.5. The topological polar surface area (TPSA) is 79.5 Å². The SMILES string of the molecule is O=C(O)CNC(=O)/C=C/c1ccc(-c2ccccc2Cl)o1. The summed E-state index contributed by atoms with van der Waals surface area (Å²) in [7, 11) is 0. The van der Waals surface area contributed by atoms with Crippen molar-refractivity contribution in [3.8, 4) is 11.3 Å². The normalized spacial score (nSPS) is 10.7. The van der Waals surface area contributed by atoms with Crippen LogP contribution in [0.3, 0.4) is 0 Å². The number of hydrogen-bond acceptors (Lipinski definition) is 3. The first-order valence-electron chi connectivity index (χ1n) is 6.08. The fourth-order valence-corrected chi connectivity index (χ4v) is 1.86. The Bertz CT molecular complexity index is 690. The van der Waals surface area contributed by atoms with Gasteiger partial charge in [0.15, 0.2) is 0 Å². The van der Waals surface area contributed by atoms with Crippen LogP contribution in [-0.2, 0) is 9.59 Å². The van der Waals surface area contributed by atoms with Gasteiger partial charge in [0.1, 0.15) is 18.1 Å². The molecule has 0 saturated heterocycles. The van der Waals surface area contributed by atoms with Crippen LogP contribution in [0, 0.1) is 0 Å². The molecule has 0 atom stereocenters. The molecule has 0 aliphatic rings. The Balaban J connectivity index is 2.05. The maximum atomic E-state index is 11.3. The van der Waals surface area contributed by atoms with Gasteiger partial charge >= 0.3 is 5.97 Å². The lowest BCUT2D eigenvalue weighted by atomic mass is 10.2. The van der Waals surface area contributed by atoms with E-state index >= 15 is 0 Å². The summed E-state index contributed by atoms with van der Waals surface area (Å²) in [5.41, 5.74) is 0.758. The first-order valence-corrected chi connectivity index (χ1v) is 6.46. The van der Waals surface area contributed by atoms with Crippen molar-refractivity contribution in [2.75, 3.05) is 6.54 Å². The number of halogens is 1. The van der Waals surface area contributed by atoms with E-state index in [0.717, 1.165) is 5.56 Å². The van der Waals surface area contributed by atoms with Gasteiger partial charge in [-0.25, -0.2) is 0 Å². The molecule has 1 heterocycles. The van der Waals surface area contributed by atoms with Crippen molar-refractivity contribution in [1.82, 2.24) is 5.32 Å². The molecule has 21 heavy (non-hydrogen) atoms. The molecule has 5 nitrogen and oxygen atoms in total. The van der Waals surface area contributed by atoms with Crippen LogP contribution in [0.25, 0.3) is 17.4 Å². The molecule has 108 valence electrons. The number of amides is 1. The van der Waals surface area contributed by atoms with Gasteiger partial charge in [-0.1, -0.05) is 23.7 Å². The van der Waals surface area contributed by atoms with Crippen molar-refractivity contribution in [2.24, 2.45) is 0 Å². The quantitative estimate of drug-likeness (QED) is 0.832. The Morgan fingerprint density at radius 3 is 2.71 bits per heavy atom. The fraction of sp³-hybridized carbons (Fsp3) is 0.0667. The zero-order chi connectivity index (χ0) is 15.2. The first-order chi connectivity index (χ1) is 10.1. The molecule has 0 unspecified atom stereocenters. The molecule has 0 radical (unpaired) electrons. The summed E-state index contributed by atoms with van der Waals surface area (Å²) in [5, 5.41) is 11.2. The van der Waals surface area contributed by atoms with Crippen LogP contribution < -0.4 is 5.32 Å². The smallest absolute Gasteiger partial charge is 0.322 e. The summed E-state index contributed by atoms with van der Waals surface area (Å²) in [4.78, 5) is 21.6. The van der Waals surface area contributed by atoms with Gasteiger partial charge in [-0.3, -0.25) is 9.59 Å². The van der Waals surface area contributed by atoms with Gasteiger partial charge in [0, 0.05) is 11.6 Å². The molecular weight excluding hydrogens is 294 g/mol. The van der Waals surface area contributed by atoms with Crippen LogP contribution in [0.15, 0.2) is 46.9 Å². The van der Waals surface area contributed by atoms with E-state index in [1.807, 2.05) is 18.2 Å². The predicted molar refractivity (Wildman–Crippen MR) is 78.8 cm³/mol. The van der Waals surface area contributed by atoms with E-state index in [9.17, 15) is 9.59 Å². The molecule has 0 saturated carbocycles. The Hall–Kier alpha value is -2.53. The Morgan fingerprint density at radius 2 is 2.00 bits per heavy atom. The number of carboxylic acids is 1. The molecule has 1 aromatic carbocycles. The van der Waals surface area contributed by atoms with Crippen LogP contribution >= 0.6 is 11.6 Å². The molecule has 2 aromatic rings. The number of furan rings is 1. The van der Waals surface area contributed by atoms with Gasteiger partial charge in [0.2, 0.25) is 5.91 Å². The van der Waals surface area contributed by atoms with E-state index < -0.39 is 18.4 Å². The molecule has 0 aliphatic carbocycles. The van der Waals surface area contributed by atoms with Gasteiger partial charge in [-0.15, -0.1) is 0 Å². The van der Waals surface area contributed by atoms with Crippen LogP contribution in [0.1, 0.15) is 5.76 Å². The lowest BCUT2D eigenvalue weighted by Gasteiger charge is -1.99. The minimum atomic E-state index is -1.10. The minimum Gasteiger partial charge on any atom is -0.480 e. The van der Waals surface area contributed by atoms with Crippen molar-refractivity contribution < 1.29 is 19.1 Å². The van der Waals surface area contributed by atoms with Crippen LogP contribution in [0.4, 0.5) is 0 Å². The number of carbonyl (C=O) groups excluding carboxylic acids is 1. The summed E-state index contributed by atoms with van der Waals surface area (Å²) >= 11 is 6.07. The first kappa shape index (κ1) is 14.9. The maximum absolute atomic E-state index is 11.3. The molecule has 0 fully saturated rings. The Morgan fingerprint density at radius 1 is 1.24 bits per heavy atom. The van der Waals surface area contributed by atoms with Crippen LogP contribution in [0.2, 0.25) is 5.02 Å². The Labute approximate surface area is 125 Å². The predicted octanol–water partition coefficient (Wildman–Crippen LogP) is 2.81. The largest absolute Gasteiger partial charge is 0.480 e. The minimum absolute atomic E-state index is 0.424. The van der Waals surface area contributed by atoms with E-state index in [0.29, 0.717) is 16.5 Å². The standard InChI is InChI=1S/C15H12ClNO4/c16-12-4-2-1-3-11(12)13-7-5-10(21-13)6-8-14(18)17-9-15(19)20/h1-8H,9H2,(H,17,18)(H,19,20)/b8-6+. The zero-order valence-electron chi connectivity index (χ0n) is 10.9. The summed E-state index contributed by atoms with van der Waals surface area (Å²) in [6.45, 7) is -0.424. The van der Waals surface area contributed by atoms with Gasteiger partial charge in [-0.05, 0) is 30.3 Å². The van der Waals surface area contributed by atoms with E-state index in [4.69, 9.17) is 21.1 Å².